The lowest BCUT2D eigenvalue weighted by Gasteiger charge is -2.15. The second-order valence-corrected chi connectivity index (χ2v) is 5.75. The van der Waals surface area contributed by atoms with Gasteiger partial charge < -0.3 is 10.6 Å². The van der Waals surface area contributed by atoms with E-state index in [1.807, 2.05) is 13.8 Å². The highest BCUT2D eigenvalue weighted by Gasteiger charge is 2.16. The molecule has 5 heteroatoms. The second-order valence-electron chi connectivity index (χ2n) is 5.75. The van der Waals surface area contributed by atoms with Gasteiger partial charge in [-0.25, -0.2) is 9.97 Å². The first-order valence-corrected chi connectivity index (χ1v) is 7.54. The van der Waals surface area contributed by atoms with Gasteiger partial charge in [0.25, 0.3) is 5.91 Å². The quantitative estimate of drug-likeness (QED) is 0.830. The molecular weight excluding hydrogens is 252 g/mol. The Morgan fingerprint density at radius 2 is 1.85 bits per heavy atom. The van der Waals surface area contributed by atoms with Gasteiger partial charge in [0.15, 0.2) is 0 Å². The minimum Gasteiger partial charge on any atom is -0.367 e. The second kappa shape index (κ2) is 7.22. The molecule has 1 aliphatic carbocycles. The zero-order valence-corrected chi connectivity index (χ0v) is 12.4. The minimum absolute atomic E-state index is 0.111. The van der Waals surface area contributed by atoms with E-state index < -0.39 is 0 Å². The van der Waals surface area contributed by atoms with Gasteiger partial charge in [0.2, 0.25) is 0 Å². The lowest BCUT2D eigenvalue weighted by atomic mass is 10.1. The van der Waals surface area contributed by atoms with E-state index >= 15 is 0 Å². The highest BCUT2D eigenvalue weighted by molar-refractivity contribution is 5.92. The predicted molar refractivity (Wildman–Crippen MR) is 79.7 cm³/mol. The Morgan fingerprint density at radius 3 is 2.40 bits per heavy atom. The van der Waals surface area contributed by atoms with Crippen LogP contribution in [-0.2, 0) is 0 Å². The summed E-state index contributed by atoms with van der Waals surface area (Å²) >= 11 is 0. The monoisotopic (exact) mass is 276 g/mol. The summed E-state index contributed by atoms with van der Waals surface area (Å²) in [7, 11) is 0. The lowest BCUT2D eigenvalue weighted by molar-refractivity contribution is 0.0928. The molecule has 0 aromatic carbocycles. The molecule has 0 bridgehead atoms. The molecule has 0 unspecified atom stereocenters. The van der Waals surface area contributed by atoms with Crippen LogP contribution in [0.3, 0.4) is 0 Å². The fraction of sp³-hybridized carbons (Fsp3) is 0.667. The molecular formula is C15H24N4O. The highest BCUT2D eigenvalue weighted by Crippen LogP contribution is 2.17. The number of rotatable bonds is 4. The first-order valence-electron chi connectivity index (χ1n) is 7.54. The molecule has 0 spiro atoms. The number of carbonyl (C=O) groups is 1. The Kier molecular flexibility index (Phi) is 5.32. The van der Waals surface area contributed by atoms with Crippen LogP contribution in [0.4, 0.5) is 5.82 Å². The van der Waals surface area contributed by atoms with Crippen LogP contribution in [0, 0.1) is 0 Å². The molecule has 0 aliphatic heterocycles. The van der Waals surface area contributed by atoms with Gasteiger partial charge in [-0.2, -0.15) is 0 Å². The van der Waals surface area contributed by atoms with Crippen molar-refractivity contribution in [3.63, 3.8) is 0 Å². The van der Waals surface area contributed by atoms with E-state index in [1.165, 1.54) is 31.9 Å². The van der Waals surface area contributed by atoms with E-state index in [9.17, 15) is 4.79 Å². The molecule has 1 amide bonds. The van der Waals surface area contributed by atoms with E-state index in [1.54, 1.807) is 6.20 Å². The van der Waals surface area contributed by atoms with E-state index in [0.717, 1.165) is 12.8 Å². The summed E-state index contributed by atoms with van der Waals surface area (Å²) in [4.78, 5) is 20.5. The van der Waals surface area contributed by atoms with Crippen molar-refractivity contribution in [1.82, 2.24) is 15.3 Å². The van der Waals surface area contributed by atoms with Crippen LogP contribution in [-0.4, -0.2) is 28.0 Å². The Bertz CT molecular complexity index is 422. The number of anilines is 1. The fourth-order valence-electron chi connectivity index (χ4n) is 2.50. The molecule has 0 radical (unpaired) electrons. The Morgan fingerprint density at radius 1 is 1.15 bits per heavy atom. The van der Waals surface area contributed by atoms with E-state index in [-0.39, 0.29) is 5.91 Å². The first kappa shape index (κ1) is 14.8. The maximum Gasteiger partial charge on any atom is 0.271 e. The number of hydrogen-bond donors (Lipinski definition) is 2. The van der Waals surface area contributed by atoms with Gasteiger partial charge in [-0.3, -0.25) is 4.79 Å². The molecule has 2 N–H and O–H groups in total. The van der Waals surface area contributed by atoms with Gasteiger partial charge in [0.1, 0.15) is 11.5 Å². The molecule has 110 valence electrons. The molecule has 1 heterocycles. The van der Waals surface area contributed by atoms with Gasteiger partial charge in [-0.05, 0) is 26.7 Å². The number of nitrogens with one attached hydrogen (secondary N) is 2. The highest BCUT2D eigenvalue weighted by atomic mass is 16.1. The first-order chi connectivity index (χ1) is 9.65. The van der Waals surface area contributed by atoms with E-state index in [2.05, 4.69) is 20.6 Å². The van der Waals surface area contributed by atoms with Crippen molar-refractivity contribution in [3.05, 3.63) is 18.1 Å². The molecule has 20 heavy (non-hydrogen) atoms. The minimum atomic E-state index is -0.111. The number of hydrogen-bond acceptors (Lipinski definition) is 4. The number of carbonyl (C=O) groups excluding carboxylic acids is 1. The maximum absolute atomic E-state index is 12.1. The van der Waals surface area contributed by atoms with Crippen molar-refractivity contribution in [2.75, 3.05) is 5.32 Å². The Balaban J connectivity index is 1.91. The van der Waals surface area contributed by atoms with Crippen LogP contribution in [0.1, 0.15) is 62.9 Å². The largest absolute Gasteiger partial charge is 0.367 e. The molecule has 1 aromatic rings. The summed E-state index contributed by atoms with van der Waals surface area (Å²) < 4.78 is 0. The summed E-state index contributed by atoms with van der Waals surface area (Å²) in [5, 5.41) is 6.23. The third-order valence-corrected chi connectivity index (χ3v) is 3.51. The van der Waals surface area contributed by atoms with Crippen molar-refractivity contribution < 1.29 is 4.79 Å². The van der Waals surface area contributed by atoms with Crippen LogP contribution in [0.25, 0.3) is 0 Å². The number of amides is 1. The standard InChI is InChI=1S/C15H24N4O/c1-11(2)18-14-10-16-13(9-17-14)15(20)19-12-7-5-3-4-6-8-12/h9-12H,3-8H2,1-2H3,(H,17,18)(H,19,20). The zero-order valence-electron chi connectivity index (χ0n) is 12.4. The van der Waals surface area contributed by atoms with Gasteiger partial charge >= 0.3 is 0 Å². The van der Waals surface area contributed by atoms with Crippen LogP contribution in [0.5, 0.6) is 0 Å². The average Bonchev–Trinajstić information content (AvgIpc) is 2.67. The Labute approximate surface area is 120 Å². The summed E-state index contributed by atoms with van der Waals surface area (Å²) in [6, 6.07) is 0.593. The van der Waals surface area contributed by atoms with Gasteiger partial charge in [-0.1, -0.05) is 25.7 Å². The lowest BCUT2D eigenvalue weighted by Crippen LogP contribution is -2.35. The van der Waals surface area contributed by atoms with Gasteiger partial charge in [0, 0.05) is 12.1 Å². The Hall–Kier alpha value is -1.65. The summed E-state index contributed by atoms with van der Waals surface area (Å²) in [5.74, 6) is 0.589. The predicted octanol–water partition coefficient (Wildman–Crippen LogP) is 2.75. The molecule has 0 atom stereocenters. The smallest absolute Gasteiger partial charge is 0.271 e. The topological polar surface area (TPSA) is 66.9 Å². The zero-order chi connectivity index (χ0) is 14.4. The van der Waals surface area contributed by atoms with Crippen LogP contribution < -0.4 is 10.6 Å². The summed E-state index contributed by atoms with van der Waals surface area (Å²) in [6.45, 7) is 4.07. The summed E-state index contributed by atoms with van der Waals surface area (Å²) in [6.07, 6.45) is 10.3. The van der Waals surface area contributed by atoms with Crippen molar-refractivity contribution in [3.8, 4) is 0 Å². The van der Waals surface area contributed by atoms with Gasteiger partial charge in [0.05, 0.1) is 12.4 Å². The van der Waals surface area contributed by atoms with Crippen LogP contribution >= 0.6 is 0 Å². The maximum atomic E-state index is 12.1. The van der Waals surface area contributed by atoms with Crippen molar-refractivity contribution in [2.45, 2.75) is 64.5 Å². The molecule has 1 saturated carbocycles. The third-order valence-electron chi connectivity index (χ3n) is 3.51. The SMILES string of the molecule is CC(C)Nc1cnc(C(=O)NC2CCCCCC2)cn1. The molecule has 1 aromatic heterocycles. The average molecular weight is 276 g/mol. The molecule has 1 fully saturated rings. The van der Waals surface area contributed by atoms with Crippen molar-refractivity contribution >= 4 is 11.7 Å². The summed E-state index contributed by atoms with van der Waals surface area (Å²) in [5.41, 5.74) is 0.392. The van der Waals surface area contributed by atoms with E-state index in [0.29, 0.717) is 23.6 Å². The fourth-order valence-corrected chi connectivity index (χ4v) is 2.50. The third kappa shape index (κ3) is 4.47. The van der Waals surface area contributed by atoms with E-state index in [4.69, 9.17) is 0 Å². The molecule has 1 aliphatic rings. The molecule has 5 nitrogen and oxygen atoms in total. The van der Waals surface area contributed by atoms with Crippen molar-refractivity contribution in [2.24, 2.45) is 0 Å². The van der Waals surface area contributed by atoms with Crippen LogP contribution in [0.2, 0.25) is 0 Å². The van der Waals surface area contributed by atoms with Crippen molar-refractivity contribution in [1.29, 1.82) is 0 Å². The van der Waals surface area contributed by atoms with Gasteiger partial charge in [-0.15, -0.1) is 0 Å². The van der Waals surface area contributed by atoms with Crippen LogP contribution in [0.15, 0.2) is 12.4 Å². The number of aromatic nitrogens is 2. The number of nitrogens with zero attached hydrogens (tertiary/aromatic N) is 2. The normalized spacial score (nSPS) is 16.8. The molecule has 2 rings (SSSR count). The molecule has 0 saturated heterocycles.